The van der Waals surface area contributed by atoms with Crippen LogP contribution in [0, 0.1) is 18.6 Å². The third-order valence-corrected chi connectivity index (χ3v) is 4.10. The maximum absolute atomic E-state index is 14.0. The molecule has 2 heterocycles. The SMILES string of the molecule is Cc1c(-c2ccc3c(c2)CNC3=O)nnn1-c1ccc(F)cc1F. The van der Waals surface area contributed by atoms with Crippen molar-refractivity contribution in [3.05, 3.63) is 64.9 Å². The van der Waals surface area contributed by atoms with Crippen LogP contribution in [0.3, 0.4) is 0 Å². The Labute approximate surface area is 135 Å². The van der Waals surface area contributed by atoms with Crippen LogP contribution in [0.1, 0.15) is 21.6 Å². The average molecular weight is 326 g/mol. The van der Waals surface area contributed by atoms with Gasteiger partial charge in [-0.05, 0) is 36.8 Å². The van der Waals surface area contributed by atoms with Crippen molar-refractivity contribution in [1.82, 2.24) is 20.3 Å². The molecule has 0 radical (unpaired) electrons. The highest BCUT2D eigenvalue weighted by molar-refractivity contribution is 5.98. The number of nitrogens with one attached hydrogen (secondary N) is 1. The minimum Gasteiger partial charge on any atom is -0.348 e. The molecule has 0 saturated heterocycles. The highest BCUT2D eigenvalue weighted by Gasteiger charge is 2.21. The normalized spacial score (nSPS) is 13.0. The van der Waals surface area contributed by atoms with Crippen molar-refractivity contribution in [2.24, 2.45) is 0 Å². The monoisotopic (exact) mass is 326 g/mol. The molecule has 0 atom stereocenters. The molecule has 3 aromatic rings. The van der Waals surface area contributed by atoms with Gasteiger partial charge in [0.25, 0.3) is 5.91 Å². The third-order valence-electron chi connectivity index (χ3n) is 4.10. The Morgan fingerprint density at radius 2 is 2.00 bits per heavy atom. The molecular weight excluding hydrogens is 314 g/mol. The highest BCUT2D eigenvalue weighted by Crippen LogP contribution is 2.27. The molecule has 0 saturated carbocycles. The number of hydrogen-bond acceptors (Lipinski definition) is 3. The second-order valence-electron chi connectivity index (χ2n) is 5.59. The van der Waals surface area contributed by atoms with Gasteiger partial charge in [-0.25, -0.2) is 13.5 Å². The predicted octanol–water partition coefficient (Wildman–Crippen LogP) is 2.76. The van der Waals surface area contributed by atoms with Crippen molar-refractivity contribution in [3.63, 3.8) is 0 Å². The average Bonchev–Trinajstić information content (AvgIpc) is 3.11. The fourth-order valence-corrected chi connectivity index (χ4v) is 2.86. The van der Waals surface area contributed by atoms with E-state index in [9.17, 15) is 13.6 Å². The van der Waals surface area contributed by atoms with E-state index in [1.54, 1.807) is 19.1 Å². The van der Waals surface area contributed by atoms with Crippen molar-refractivity contribution in [2.75, 3.05) is 0 Å². The highest BCUT2D eigenvalue weighted by atomic mass is 19.1. The second kappa shape index (κ2) is 5.23. The summed E-state index contributed by atoms with van der Waals surface area (Å²) in [4.78, 5) is 11.6. The van der Waals surface area contributed by atoms with E-state index in [0.29, 0.717) is 23.5 Å². The quantitative estimate of drug-likeness (QED) is 0.788. The molecule has 0 bridgehead atoms. The minimum absolute atomic E-state index is 0.0923. The first-order valence-corrected chi connectivity index (χ1v) is 7.34. The van der Waals surface area contributed by atoms with Gasteiger partial charge >= 0.3 is 0 Å². The van der Waals surface area contributed by atoms with Gasteiger partial charge in [0.1, 0.15) is 17.2 Å². The van der Waals surface area contributed by atoms with Crippen molar-refractivity contribution in [3.8, 4) is 16.9 Å². The molecule has 1 aliphatic heterocycles. The van der Waals surface area contributed by atoms with Gasteiger partial charge < -0.3 is 5.32 Å². The Hall–Kier alpha value is -3.09. The lowest BCUT2D eigenvalue weighted by molar-refractivity contribution is 0.0966. The number of fused-ring (bicyclic) bond motifs is 1. The molecule has 0 spiro atoms. The van der Waals surface area contributed by atoms with E-state index in [1.165, 1.54) is 16.8 Å². The standard InChI is InChI=1S/C17H12F2N4O/c1-9-16(10-2-4-13-11(6-10)8-20-17(13)24)21-22-23(9)15-5-3-12(18)7-14(15)19/h2-7H,8H2,1H3,(H,20,24). The molecule has 7 heteroatoms. The van der Waals surface area contributed by atoms with E-state index in [1.807, 2.05) is 6.07 Å². The van der Waals surface area contributed by atoms with E-state index in [-0.39, 0.29) is 11.6 Å². The Morgan fingerprint density at radius 1 is 1.17 bits per heavy atom. The molecule has 0 unspecified atom stereocenters. The van der Waals surface area contributed by atoms with Crippen LogP contribution in [-0.2, 0) is 6.54 Å². The van der Waals surface area contributed by atoms with E-state index in [2.05, 4.69) is 15.6 Å². The summed E-state index contributed by atoms with van der Waals surface area (Å²) in [5, 5.41) is 10.9. The third kappa shape index (κ3) is 2.17. The number of nitrogens with zero attached hydrogens (tertiary/aromatic N) is 3. The minimum atomic E-state index is -0.710. The van der Waals surface area contributed by atoms with Crippen LogP contribution in [-0.4, -0.2) is 20.9 Å². The van der Waals surface area contributed by atoms with Crippen LogP contribution < -0.4 is 5.32 Å². The predicted molar refractivity (Wildman–Crippen MR) is 82.6 cm³/mol. The smallest absolute Gasteiger partial charge is 0.251 e. The maximum Gasteiger partial charge on any atom is 0.251 e. The molecule has 2 aromatic carbocycles. The maximum atomic E-state index is 14.0. The van der Waals surface area contributed by atoms with Gasteiger partial charge in [-0.3, -0.25) is 4.79 Å². The molecule has 24 heavy (non-hydrogen) atoms. The van der Waals surface area contributed by atoms with E-state index >= 15 is 0 Å². The number of carbonyl (C=O) groups excluding carboxylic acids is 1. The molecule has 120 valence electrons. The summed E-state index contributed by atoms with van der Waals surface area (Å²) >= 11 is 0. The molecular formula is C17H12F2N4O. The largest absolute Gasteiger partial charge is 0.348 e. The van der Waals surface area contributed by atoms with Gasteiger partial charge in [0.15, 0.2) is 5.82 Å². The van der Waals surface area contributed by atoms with Crippen LogP contribution in [0.5, 0.6) is 0 Å². The van der Waals surface area contributed by atoms with Crippen molar-refractivity contribution < 1.29 is 13.6 Å². The Morgan fingerprint density at radius 3 is 2.79 bits per heavy atom. The number of carbonyl (C=O) groups is 1. The summed E-state index contributed by atoms with van der Waals surface area (Å²) in [5.74, 6) is -1.45. The Bertz CT molecular complexity index is 981. The topological polar surface area (TPSA) is 59.8 Å². The molecule has 1 aliphatic rings. The fourth-order valence-electron chi connectivity index (χ4n) is 2.86. The lowest BCUT2D eigenvalue weighted by Crippen LogP contribution is -2.12. The molecule has 1 aromatic heterocycles. The van der Waals surface area contributed by atoms with Crippen LogP contribution >= 0.6 is 0 Å². The van der Waals surface area contributed by atoms with Crippen LogP contribution in [0.25, 0.3) is 16.9 Å². The van der Waals surface area contributed by atoms with E-state index in [0.717, 1.165) is 17.2 Å². The fraction of sp³-hybridized carbons (Fsp3) is 0.118. The lowest BCUT2D eigenvalue weighted by atomic mass is 10.0. The number of rotatable bonds is 2. The van der Waals surface area contributed by atoms with Gasteiger partial charge in [0, 0.05) is 23.7 Å². The van der Waals surface area contributed by atoms with Crippen LogP contribution in [0.15, 0.2) is 36.4 Å². The summed E-state index contributed by atoms with van der Waals surface area (Å²) in [6.07, 6.45) is 0. The number of halogens is 2. The summed E-state index contributed by atoms with van der Waals surface area (Å²) in [6, 6.07) is 8.70. The van der Waals surface area contributed by atoms with E-state index in [4.69, 9.17) is 0 Å². The summed E-state index contributed by atoms with van der Waals surface area (Å²) in [7, 11) is 0. The zero-order valence-electron chi connectivity index (χ0n) is 12.7. The van der Waals surface area contributed by atoms with Crippen LogP contribution in [0.4, 0.5) is 8.78 Å². The van der Waals surface area contributed by atoms with Crippen molar-refractivity contribution in [2.45, 2.75) is 13.5 Å². The number of benzene rings is 2. The summed E-state index contributed by atoms with van der Waals surface area (Å²) < 4.78 is 28.4. The number of amides is 1. The molecule has 0 fully saturated rings. The number of hydrogen-bond donors (Lipinski definition) is 1. The van der Waals surface area contributed by atoms with Crippen molar-refractivity contribution in [1.29, 1.82) is 0 Å². The second-order valence-corrected chi connectivity index (χ2v) is 5.59. The molecule has 4 rings (SSSR count). The Kier molecular flexibility index (Phi) is 3.16. The summed E-state index contributed by atoms with van der Waals surface area (Å²) in [6.45, 7) is 2.23. The van der Waals surface area contributed by atoms with Crippen molar-refractivity contribution >= 4 is 5.91 Å². The van der Waals surface area contributed by atoms with Gasteiger partial charge in [0.2, 0.25) is 0 Å². The molecule has 1 N–H and O–H groups in total. The van der Waals surface area contributed by atoms with Gasteiger partial charge in [-0.1, -0.05) is 11.3 Å². The van der Waals surface area contributed by atoms with Gasteiger partial charge in [-0.2, -0.15) is 0 Å². The summed E-state index contributed by atoms with van der Waals surface area (Å²) in [5.41, 5.74) is 3.66. The first kappa shape index (κ1) is 14.5. The zero-order valence-corrected chi connectivity index (χ0v) is 12.7. The first-order valence-electron chi connectivity index (χ1n) is 7.34. The number of aromatic nitrogens is 3. The first-order chi connectivity index (χ1) is 11.5. The lowest BCUT2D eigenvalue weighted by Gasteiger charge is -2.06. The molecule has 0 aliphatic carbocycles. The van der Waals surface area contributed by atoms with Gasteiger partial charge in [0.05, 0.1) is 5.69 Å². The zero-order chi connectivity index (χ0) is 16.8. The Balaban J connectivity index is 1.79. The molecule has 1 amide bonds. The van der Waals surface area contributed by atoms with E-state index < -0.39 is 11.6 Å². The molecule has 5 nitrogen and oxygen atoms in total. The van der Waals surface area contributed by atoms with Crippen LogP contribution in [0.2, 0.25) is 0 Å². The van der Waals surface area contributed by atoms with Gasteiger partial charge in [-0.15, -0.1) is 5.10 Å².